The van der Waals surface area contributed by atoms with Gasteiger partial charge in [0.25, 0.3) is 11.8 Å². The van der Waals surface area contributed by atoms with Gasteiger partial charge in [0.1, 0.15) is 11.5 Å². The van der Waals surface area contributed by atoms with E-state index in [9.17, 15) is 9.59 Å². The number of ether oxygens (including phenoxy) is 2. The number of carbonyl (C=O) groups is 2. The van der Waals surface area contributed by atoms with Crippen molar-refractivity contribution in [3.8, 4) is 11.5 Å². The minimum Gasteiger partial charge on any atom is -0.497 e. The van der Waals surface area contributed by atoms with Gasteiger partial charge in [-0.1, -0.05) is 0 Å². The quantitative estimate of drug-likeness (QED) is 0.579. The minimum atomic E-state index is -0.717. The van der Waals surface area contributed by atoms with Gasteiger partial charge in [0.15, 0.2) is 0 Å². The van der Waals surface area contributed by atoms with E-state index in [2.05, 4.69) is 5.32 Å². The second-order valence-electron chi connectivity index (χ2n) is 4.54. The zero-order chi connectivity index (χ0) is 16.8. The molecule has 3 N–H and O–H groups in total. The van der Waals surface area contributed by atoms with Gasteiger partial charge in [-0.2, -0.15) is 0 Å². The van der Waals surface area contributed by atoms with Gasteiger partial charge in [0.2, 0.25) is 0 Å². The van der Waals surface area contributed by atoms with Crippen LogP contribution in [0.1, 0.15) is 20.7 Å². The van der Waals surface area contributed by atoms with Gasteiger partial charge in [0.05, 0.1) is 19.8 Å². The van der Waals surface area contributed by atoms with Crippen LogP contribution in [-0.4, -0.2) is 31.2 Å². The van der Waals surface area contributed by atoms with Crippen LogP contribution in [0.2, 0.25) is 0 Å². The van der Waals surface area contributed by atoms with E-state index in [0.717, 1.165) is 0 Å². The second-order valence-corrected chi connectivity index (χ2v) is 4.54. The molecule has 2 rings (SSSR count). The zero-order valence-corrected chi connectivity index (χ0v) is 12.6. The average molecular weight is 316 g/mol. The monoisotopic (exact) mass is 316 g/mol. The predicted molar refractivity (Wildman–Crippen MR) is 83.2 cm³/mol. The first-order valence-electron chi connectivity index (χ1n) is 6.67. The maximum absolute atomic E-state index is 12.4. The second kappa shape index (κ2) is 7.28. The Labute approximate surface area is 132 Å². The van der Waals surface area contributed by atoms with Crippen molar-refractivity contribution in [3.05, 3.63) is 53.6 Å². The Hall–Kier alpha value is -3.06. The molecule has 0 aromatic heterocycles. The first-order valence-corrected chi connectivity index (χ1v) is 6.67. The van der Waals surface area contributed by atoms with Crippen LogP contribution in [-0.2, 0) is 0 Å². The Morgan fingerprint density at radius 3 is 2.22 bits per heavy atom. The molecule has 0 spiro atoms. The standard InChI is InChI=1S/C16H16N2O5/c1-22-12-6-4-11(5-7-12)17-16(20)13-9-10(15(19)18-21)3-8-14(13)23-2/h3-9,21H,1-2H3,(H,17,20)(H,18,19). The fourth-order valence-electron chi connectivity index (χ4n) is 1.96. The molecule has 0 heterocycles. The topological polar surface area (TPSA) is 96.9 Å². The summed E-state index contributed by atoms with van der Waals surface area (Å²) in [6.45, 7) is 0. The summed E-state index contributed by atoms with van der Waals surface area (Å²) in [5, 5.41) is 11.4. The summed E-state index contributed by atoms with van der Waals surface area (Å²) in [5.41, 5.74) is 2.39. The number of methoxy groups -OCH3 is 2. The Morgan fingerprint density at radius 2 is 1.65 bits per heavy atom. The molecule has 0 unspecified atom stereocenters. The van der Waals surface area contributed by atoms with Crippen molar-refractivity contribution in [1.29, 1.82) is 0 Å². The molecule has 0 aliphatic carbocycles. The van der Waals surface area contributed by atoms with Gasteiger partial charge < -0.3 is 14.8 Å². The highest BCUT2D eigenvalue weighted by Crippen LogP contribution is 2.22. The Bertz CT molecular complexity index is 713. The molecule has 0 bridgehead atoms. The Morgan fingerprint density at radius 1 is 0.957 bits per heavy atom. The molecule has 120 valence electrons. The number of hydrogen-bond donors (Lipinski definition) is 3. The van der Waals surface area contributed by atoms with Crippen LogP contribution in [0.25, 0.3) is 0 Å². The molecule has 0 saturated carbocycles. The van der Waals surface area contributed by atoms with Gasteiger partial charge in [-0.25, -0.2) is 5.48 Å². The minimum absolute atomic E-state index is 0.133. The van der Waals surface area contributed by atoms with E-state index in [1.807, 2.05) is 0 Å². The van der Waals surface area contributed by atoms with Crippen molar-refractivity contribution < 1.29 is 24.3 Å². The maximum Gasteiger partial charge on any atom is 0.274 e. The van der Waals surface area contributed by atoms with E-state index >= 15 is 0 Å². The van der Waals surface area contributed by atoms with E-state index in [1.54, 1.807) is 31.4 Å². The zero-order valence-electron chi connectivity index (χ0n) is 12.6. The molecule has 0 fully saturated rings. The highest BCUT2D eigenvalue weighted by atomic mass is 16.5. The van der Waals surface area contributed by atoms with Crippen molar-refractivity contribution in [2.45, 2.75) is 0 Å². The normalized spacial score (nSPS) is 9.87. The van der Waals surface area contributed by atoms with Crippen molar-refractivity contribution in [1.82, 2.24) is 5.48 Å². The highest BCUT2D eigenvalue weighted by molar-refractivity contribution is 6.08. The third-order valence-corrected chi connectivity index (χ3v) is 3.16. The number of amides is 2. The summed E-state index contributed by atoms with van der Waals surface area (Å²) < 4.78 is 10.2. The molecule has 0 saturated heterocycles. The van der Waals surface area contributed by atoms with Crippen molar-refractivity contribution in [2.75, 3.05) is 19.5 Å². The maximum atomic E-state index is 12.4. The van der Waals surface area contributed by atoms with Gasteiger partial charge in [-0.05, 0) is 42.5 Å². The molecule has 2 amide bonds. The molecule has 2 aromatic carbocycles. The van der Waals surface area contributed by atoms with Crippen molar-refractivity contribution >= 4 is 17.5 Å². The third kappa shape index (κ3) is 3.78. The first-order chi connectivity index (χ1) is 11.1. The fourth-order valence-corrected chi connectivity index (χ4v) is 1.96. The molecular weight excluding hydrogens is 300 g/mol. The lowest BCUT2D eigenvalue weighted by molar-refractivity contribution is 0.0706. The lowest BCUT2D eigenvalue weighted by Gasteiger charge is -2.11. The predicted octanol–water partition coefficient (Wildman–Crippen LogP) is 2.08. The van der Waals surface area contributed by atoms with E-state index in [0.29, 0.717) is 17.2 Å². The Kier molecular flexibility index (Phi) is 5.16. The molecule has 0 aliphatic rings. The number of rotatable bonds is 5. The van der Waals surface area contributed by atoms with Crippen LogP contribution in [0.5, 0.6) is 11.5 Å². The molecule has 7 nitrogen and oxygen atoms in total. The van der Waals surface area contributed by atoms with Crippen LogP contribution >= 0.6 is 0 Å². The van der Waals surface area contributed by atoms with Crippen molar-refractivity contribution in [3.63, 3.8) is 0 Å². The van der Waals surface area contributed by atoms with Gasteiger partial charge in [-0.3, -0.25) is 14.8 Å². The molecule has 0 radical (unpaired) electrons. The summed E-state index contributed by atoms with van der Waals surface area (Å²) in [6, 6.07) is 11.1. The molecule has 23 heavy (non-hydrogen) atoms. The lowest BCUT2D eigenvalue weighted by atomic mass is 10.1. The van der Waals surface area contributed by atoms with E-state index < -0.39 is 11.8 Å². The summed E-state index contributed by atoms with van der Waals surface area (Å²) in [4.78, 5) is 23.9. The van der Waals surface area contributed by atoms with Crippen molar-refractivity contribution in [2.24, 2.45) is 0 Å². The summed E-state index contributed by atoms with van der Waals surface area (Å²) >= 11 is 0. The average Bonchev–Trinajstić information content (AvgIpc) is 2.61. The fraction of sp³-hybridized carbons (Fsp3) is 0.125. The number of nitrogens with one attached hydrogen (secondary N) is 2. The van der Waals surface area contributed by atoms with Gasteiger partial charge in [-0.15, -0.1) is 0 Å². The van der Waals surface area contributed by atoms with Crippen LogP contribution in [0.15, 0.2) is 42.5 Å². The molecule has 7 heteroatoms. The molecule has 0 aliphatic heterocycles. The number of anilines is 1. The van der Waals surface area contributed by atoms with Crippen LogP contribution in [0.3, 0.4) is 0 Å². The van der Waals surface area contributed by atoms with Crippen LogP contribution in [0.4, 0.5) is 5.69 Å². The molecular formula is C16H16N2O5. The number of benzene rings is 2. The molecule has 2 aromatic rings. The van der Waals surface area contributed by atoms with E-state index in [4.69, 9.17) is 14.7 Å². The summed E-state index contributed by atoms with van der Waals surface area (Å²) in [7, 11) is 2.97. The van der Waals surface area contributed by atoms with E-state index in [-0.39, 0.29) is 11.1 Å². The molecule has 0 atom stereocenters. The number of hydroxylamine groups is 1. The van der Waals surface area contributed by atoms with Gasteiger partial charge >= 0.3 is 0 Å². The lowest BCUT2D eigenvalue weighted by Crippen LogP contribution is -2.20. The van der Waals surface area contributed by atoms with E-state index in [1.165, 1.54) is 30.8 Å². The van der Waals surface area contributed by atoms with Crippen LogP contribution < -0.4 is 20.3 Å². The number of carbonyl (C=O) groups excluding carboxylic acids is 2. The smallest absolute Gasteiger partial charge is 0.274 e. The number of hydrogen-bond acceptors (Lipinski definition) is 5. The Balaban J connectivity index is 2.27. The largest absolute Gasteiger partial charge is 0.497 e. The SMILES string of the molecule is COc1ccc(NC(=O)c2cc(C(=O)NO)ccc2OC)cc1. The highest BCUT2D eigenvalue weighted by Gasteiger charge is 2.16. The summed E-state index contributed by atoms with van der Waals surface area (Å²) in [5.74, 6) is -0.182. The van der Waals surface area contributed by atoms with Gasteiger partial charge in [0, 0.05) is 11.3 Å². The third-order valence-electron chi connectivity index (χ3n) is 3.16. The summed E-state index contributed by atoms with van der Waals surface area (Å²) in [6.07, 6.45) is 0. The van der Waals surface area contributed by atoms with Crippen LogP contribution in [0, 0.1) is 0 Å². The first kappa shape index (κ1) is 16.3.